The van der Waals surface area contributed by atoms with Crippen molar-refractivity contribution in [2.45, 2.75) is 12.6 Å². The molecule has 0 bridgehead atoms. The van der Waals surface area contributed by atoms with E-state index in [-0.39, 0.29) is 17.6 Å². The van der Waals surface area contributed by atoms with E-state index < -0.39 is 0 Å². The van der Waals surface area contributed by atoms with Crippen molar-refractivity contribution in [3.05, 3.63) is 71.3 Å². The van der Waals surface area contributed by atoms with Gasteiger partial charge in [-0.2, -0.15) is 0 Å². The maximum atomic E-state index is 13.2. The van der Waals surface area contributed by atoms with E-state index in [0.717, 1.165) is 43.1 Å². The average molecular weight is 382 g/mol. The van der Waals surface area contributed by atoms with Crippen molar-refractivity contribution in [2.75, 3.05) is 33.2 Å². The van der Waals surface area contributed by atoms with Gasteiger partial charge in [0.1, 0.15) is 11.6 Å². The third-order valence-corrected chi connectivity index (χ3v) is 5.16. The first kappa shape index (κ1) is 18.5. The van der Waals surface area contributed by atoms with Crippen LogP contribution in [-0.2, 0) is 6.54 Å². The Morgan fingerprint density at radius 2 is 1.68 bits per heavy atom. The highest BCUT2D eigenvalue weighted by Gasteiger charge is 2.30. The van der Waals surface area contributed by atoms with Gasteiger partial charge in [-0.15, -0.1) is 5.10 Å². The maximum Gasteiger partial charge on any atom is 0.173 e. The van der Waals surface area contributed by atoms with E-state index in [1.807, 2.05) is 12.1 Å². The Morgan fingerprint density at radius 3 is 2.36 bits per heavy atom. The summed E-state index contributed by atoms with van der Waals surface area (Å²) in [7, 11) is 2.12. The molecule has 7 nitrogen and oxygen atoms in total. The summed E-state index contributed by atoms with van der Waals surface area (Å²) in [5.41, 5.74) is 1.95. The molecule has 1 atom stereocenters. The minimum atomic E-state index is -0.264. The van der Waals surface area contributed by atoms with Gasteiger partial charge < -0.3 is 10.0 Å². The summed E-state index contributed by atoms with van der Waals surface area (Å²) in [5.74, 6) is 0.700. The topological polar surface area (TPSA) is 70.3 Å². The summed E-state index contributed by atoms with van der Waals surface area (Å²) >= 11 is 0. The lowest BCUT2D eigenvalue weighted by atomic mass is 10.0. The van der Waals surface area contributed by atoms with E-state index in [1.165, 1.54) is 12.1 Å². The summed E-state index contributed by atoms with van der Waals surface area (Å²) in [4.78, 5) is 4.66. The van der Waals surface area contributed by atoms with Gasteiger partial charge in [0.25, 0.3) is 0 Å². The van der Waals surface area contributed by atoms with E-state index in [2.05, 4.69) is 32.4 Å². The molecule has 1 fully saturated rings. The summed E-state index contributed by atoms with van der Waals surface area (Å²) in [6, 6.07) is 13.4. The molecule has 2 aromatic carbocycles. The predicted octanol–water partition coefficient (Wildman–Crippen LogP) is 1.90. The van der Waals surface area contributed by atoms with Crippen LogP contribution in [0.3, 0.4) is 0 Å². The molecular weight excluding hydrogens is 359 g/mol. The zero-order valence-electron chi connectivity index (χ0n) is 15.7. The number of hydrogen-bond acceptors (Lipinski definition) is 6. The first-order chi connectivity index (χ1) is 13.6. The largest absolute Gasteiger partial charge is 0.508 e. The highest BCUT2D eigenvalue weighted by Crippen LogP contribution is 2.29. The zero-order valence-corrected chi connectivity index (χ0v) is 15.7. The van der Waals surface area contributed by atoms with Crippen LogP contribution >= 0.6 is 0 Å². The summed E-state index contributed by atoms with van der Waals surface area (Å²) in [6.07, 6.45) is 0. The van der Waals surface area contributed by atoms with Crippen molar-refractivity contribution in [2.24, 2.45) is 0 Å². The van der Waals surface area contributed by atoms with Gasteiger partial charge in [0.05, 0.1) is 12.6 Å². The van der Waals surface area contributed by atoms with Crippen LogP contribution in [0, 0.1) is 5.82 Å². The number of phenols is 1. The lowest BCUT2D eigenvalue weighted by Crippen LogP contribution is -2.46. The second kappa shape index (κ2) is 8.04. The van der Waals surface area contributed by atoms with Crippen LogP contribution in [0.15, 0.2) is 48.5 Å². The van der Waals surface area contributed by atoms with E-state index in [1.54, 1.807) is 28.9 Å². The molecule has 0 unspecified atom stereocenters. The number of tetrazole rings is 1. The van der Waals surface area contributed by atoms with Crippen LogP contribution in [0.5, 0.6) is 5.75 Å². The lowest BCUT2D eigenvalue weighted by molar-refractivity contribution is 0.121. The third-order valence-electron chi connectivity index (χ3n) is 5.16. The maximum absolute atomic E-state index is 13.2. The van der Waals surface area contributed by atoms with Crippen molar-refractivity contribution >= 4 is 0 Å². The number of benzene rings is 2. The molecule has 0 aliphatic carbocycles. The molecule has 1 aromatic heterocycles. The van der Waals surface area contributed by atoms with Crippen molar-refractivity contribution in [1.29, 1.82) is 0 Å². The predicted molar refractivity (Wildman–Crippen MR) is 102 cm³/mol. The first-order valence-corrected chi connectivity index (χ1v) is 9.32. The molecule has 2 heterocycles. The van der Waals surface area contributed by atoms with Crippen molar-refractivity contribution in [3.8, 4) is 5.75 Å². The van der Waals surface area contributed by atoms with Gasteiger partial charge in [0.15, 0.2) is 5.82 Å². The number of halogens is 1. The van der Waals surface area contributed by atoms with Crippen molar-refractivity contribution in [1.82, 2.24) is 30.0 Å². The second-order valence-corrected chi connectivity index (χ2v) is 7.15. The number of hydrogen-bond donors (Lipinski definition) is 1. The highest BCUT2D eigenvalue weighted by atomic mass is 19.1. The Kier molecular flexibility index (Phi) is 5.31. The van der Waals surface area contributed by atoms with Gasteiger partial charge in [-0.1, -0.05) is 24.3 Å². The summed E-state index contributed by atoms with van der Waals surface area (Å²) < 4.78 is 15.0. The van der Waals surface area contributed by atoms with Gasteiger partial charge in [-0.3, -0.25) is 4.90 Å². The van der Waals surface area contributed by atoms with Gasteiger partial charge in [0.2, 0.25) is 0 Å². The van der Waals surface area contributed by atoms with E-state index in [0.29, 0.717) is 6.54 Å². The molecule has 1 aliphatic heterocycles. The smallest absolute Gasteiger partial charge is 0.173 e. The fourth-order valence-corrected chi connectivity index (χ4v) is 3.54. The Labute approximate surface area is 163 Å². The van der Waals surface area contributed by atoms with E-state index >= 15 is 0 Å². The number of aromatic nitrogens is 4. The van der Waals surface area contributed by atoms with Crippen LogP contribution < -0.4 is 0 Å². The standard InChI is InChI=1S/C20H23FN6O/c1-25-10-12-26(13-11-25)19(16-4-8-18(28)9-5-16)20-22-23-24-27(20)14-15-2-6-17(21)7-3-15/h2-9,19,28H,10-14H2,1H3/t19-/m1/s1. The Hall–Kier alpha value is -2.84. The first-order valence-electron chi connectivity index (χ1n) is 9.32. The molecule has 3 aromatic rings. The Balaban J connectivity index is 1.67. The Bertz CT molecular complexity index is 903. The Morgan fingerprint density at radius 1 is 1.00 bits per heavy atom. The fourth-order valence-electron chi connectivity index (χ4n) is 3.54. The lowest BCUT2D eigenvalue weighted by Gasteiger charge is -2.37. The minimum Gasteiger partial charge on any atom is -0.508 e. The normalized spacial score (nSPS) is 16.9. The van der Waals surface area contributed by atoms with Gasteiger partial charge >= 0.3 is 0 Å². The molecule has 0 saturated carbocycles. The number of nitrogens with zero attached hydrogens (tertiary/aromatic N) is 6. The molecule has 0 radical (unpaired) electrons. The molecule has 1 N–H and O–H groups in total. The highest BCUT2D eigenvalue weighted by molar-refractivity contribution is 5.31. The van der Waals surface area contributed by atoms with Crippen molar-refractivity contribution < 1.29 is 9.50 Å². The molecular formula is C20H23FN6O. The molecule has 1 aliphatic rings. The van der Waals surface area contributed by atoms with Crippen LogP contribution in [-0.4, -0.2) is 68.3 Å². The number of phenolic OH excluding ortho intramolecular Hbond substituents is 1. The molecule has 8 heteroatoms. The molecule has 0 spiro atoms. The number of likely N-dealkylation sites (N-methyl/N-ethyl adjacent to an activating group) is 1. The molecule has 4 rings (SSSR count). The van der Waals surface area contributed by atoms with Crippen LogP contribution in [0.25, 0.3) is 0 Å². The SMILES string of the molecule is CN1CCN([C@H](c2ccc(O)cc2)c2nnnn2Cc2ccc(F)cc2)CC1. The van der Waals surface area contributed by atoms with Crippen LogP contribution in [0.1, 0.15) is 23.0 Å². The summed E-state index contributed by atoms with van der Waals surface area (Å²) in [6.45, 7) is 4.18. The number of piperazine rings is 1. The monoisotopic (exact) mass is 382 g/mol. The third kappa shape index (κ3) is 4.02. The molecule has 146 valence electrons. The van der Waals surface area contributed by atoms with E-state index in [9.17, 15) is 9.50 Å². The van der Waals surface area contributed by atoms with Gasteiger partial charge in [-0.25, -0.2) is 9.07 Å². The molecule has 0 amide bonds. The van der Waals surface area contributed by atoms with E-state index in [4.69, 9.17) is 0 Å². The summed E-state index contributed by atoms with van der Waals surface area (Å²) in [5, 5.41) is 22.1. The fraction of sp³-hybridized carbons (Fsp3) is 0.350. The molecule has 1 saturated heterocycles. The minimum absolute atomic E-state index is 0.121. The quantitative estimate of drug-likeness (QED) is 0.727. The van der Waals surface area contributed by atoms with Gasteiger partial charge in [-0.05, 0) is 52.9 Å². The van der Waals surface area contributed by atoms with Crippen LogP contribution in [0.2, 0.25) is 0 Å². The van der Waals surface area contributed by atoms with Crippen LogP contribution in [0.4, 0.5) is 4.39 Å². The van der Waals surface area contributed by atoms with Crippen molar-refractivity contribution in [3.63, 3.8) is 0 Å². The second-order valence-electron chi connectivity index (χ2n) is 7.15. The zero-order chi connectivity index (χ0) is 19.5. The van der Waals surface area contributed by atoms with Gasteiger partial charge in [0, 0.05) is 26.2 Å². The molecule has 28 heavy (non-hydrogen) atoms. The number of aromatic hydroxyl groups is 1. The average Bonchev–Trinajstić information content (AvgIpc) is 3.14. The number of rotatable bonds is 5.